The molecule has 2 rings (SSSR count). The second-order valence-electron chi connectivity index (χ2n) is 6.26. The summed E-state index contributed by atoms with van der Waals surface area (Å²) in [7, 11) is 0. The number of nitrogens with one attached hydrogen (secondary N) is 1. The Hall–Kier alpha value is -0.970. The van der Waals surface area contributed by atoms with Gasteiger partial charge in [-0.05, 0) is 30.5 Å². The van der Waals surface area contributed by atoms with Gasteiger partial charge in [-0.2, -0.15) is 4.98 Å². The van der Waals surface area contributed by atoms with E-state index in [0.29, 0.717) is 19.1 Å². The van der Waals surface area contributed by atoms with Crippen LogP contribution in [-0.2, 0) is 6.42 Å². The lowest BCUT2D eigenvalue weighted by molar-refractivity contribution is 0.575. The van der Waals surface area contributed by atoms with E-state index in [0.717, 1.165) is 17.5 Å². The second-order valence-corrected chi connectivity index (χ2v) is 6.26. The van der Waals surface area contributed by atoms with Gasteiger partial charge >= 0.3 is 0 Å². The van der Waals surface area contributed by atoms with Crippen LogP contribution < -0.4 is 11.1 Å². The van der Waals surface area contributed by atoms with Crippen LogP contribution in [0.2, 0.25) is 0 Å². The molecule has 0 aliphatic carbocycles. The molecule has 6 heteroatoms. The van der Waals surface area contributed by atoms with Gasteiger partial charge in [-0.3, -0.25) is 0 Å². The molecule has 4 nitrogen and oxygen atoms in total. The lowest BCUT2D eigenvalue weighted by Crippen LogP contribution is -2.13. The molecular formula is C19H33Cl2N3O. The number of nitrogens with two attached hydrogens (primary N) is 1. The van der Waals surface area contributed by atoms with Gasteiger partial charge in [-0.1, -0.05) is 57.9 Å². The van der Waals surface area contributed by atoms with Crippen molar-refractivity contribution in [3.63, 3.8) is 0 Å². The Morgan fingerprint density at radius 3 is 2.36 bits per heavy atom. The molecule has 3 N–H and O–H groups in total. The highest BCUT2D eigenvalue weighted by Crippen LogP contribution is 2.21. The number of fused-ring (bicyclic) bond motifs is 1. The molecule has 0 bridgehead atoms. The van der Waals surface area contributed by atoms with Crippen molar-refractivity contribution in [3.8, 4) is 0 Å². The molecule has 0 aliphatic heterocycles. The van der Waals surface area contributed by atoms with Gasteiger partial charge in [-0.15, -0.1) is 24.8 Å². The van der Waals surface area contributed by atoms with Crippen LogP contribution in [0.5, 0.6) is 0 Å². The average Bonchev–Trinajstić information content (AvgIpc) is 2.97. The molecule has 0 saturated heterocycles. The van der Waals surface area contributed by atoms with Crippen molar-refractivity contribution in [1.82, 2.24) is 4.98 Å². The molecule has 1 heterocycles. The average molecular weight is 390 g/mol. The number of hydrogen-bond acceptors (Lipinski definition) is 4. The number of rotatable bonds is 12. The van der Waals surface area contributed by atoms with Crippen LogP contribution in [0, 0.1) is 0 Å². The first-order valence-corrected chi connectivity index (χ1v) is 9.17. The molecule has 0 spiro atoms. The third-order valence-corrected chi connectivity index (χ3v) is 4.19. The van der Waals surface area contributed by atoms with E-state index in [1.807, 2.05) is 6.07 Å². The number of hydrogen-bond donors (Lipinski definition) is 2. The van der Waals surface area contributed by atoms with Crippen molar-refractivity contribution >= 4 is 41.9 Å². The van der Waals surface area contributed by atoms with Crippen molar-refractivity contribution in [1.29, 1.82) is 0 Å². The molecule has 1 aromatic heterocycles. The fourth-order valence-electron chi connectivity index (χ4n) is 2.84. The van der Waals surface area contributed by atoms with Crippen molar-refractivity contribution in [2.24, 2.45) is 5.73 Å². The molecule has 25 heavy (non-hydrogen) atoms. The fraction of sp³-hybridized carbons (Fsp3) is 0.632. The summed E-state index contributed by atoms with van der Waals surface area (Å²) >= 11 is 0. The number of nitrogens with zero attached hydrogens (tertiary/aromatic N) is 1. The van der Waals surface area contributed by atoms with Crippen LogP contribution >= 0.6 is 24.8 Å². The standard InChI is InChI=1S/C19H31N3O.2ClH/c1-2-3-4-5-6-7-8-9-10-16-11-12-17-18(15-16)23-19(22-17)21-14-13-20;;/h11-12,15H,2-10,13-14,20H2,1H3,(H,21,22);2*1H. The number of halogens is 2. The summed E-state index contributed by atoms with van der Waals surface area (Å²) in [5.41, 5.74) is 8.58. The Kier molecular flexibility index (Phi) is 13.7. The van der Waals surface area contributed by atoms with Gasteiger partial charge < -0.3 is 15.5 Å². The van der Waals surface area contributed by atoms with E-state index in [1.54, 1.807) is 0 Å². The second kappa shape index (κ2) is 14.2. The molecule has 1 aromatic carbocycles. The lowest BCUT2D eigenvalue weighted by Gasteiger charge is -2.02. The van der Waals surface area contributed by atoms with Gasteiger partial charge in [-0.25, -0.2) is 0 Å². The largest absolute Gasteiger partial charge is 0.424 e. The van der Waals surface area contributed by atoms with E-state index in [2.05, 4.69) is 29.4 Å². The Morgan fingerprint density at radius 2 is 1.68 bits per heavy atom. The molecule has 0 amide bonds. The highest BCUT2D eigenvalue weighted by atomic mass is 35.5. The molecular weight excluding hydrogens is 357 g/mol. The predicted octanol–water partition coefficient (Wildman–Crippen LogP) is 5.73. The van der Waals surface area contributed by atoms with Crippen LogP contribution in [0.15, 0.2) is 22.6 Å². The molecule has 0 saturated carbocycles. The minimum atomic E-state index is 0. The van der Waals surface area contributed by atoms with E-state index in [1.165, 1.54) is 56.9 Å². The van der Waals surface area contributed by atoms with E-state index in [4.69, 9.17) is 10.2 Å². The smallest absolute Gasteiger partial charge is 0.295 e. The third kappa shape index (κ3) is 8.80. The fourth-order valence-corrected chi connectivity index (χ4v) is 2.84. The minimum Gasteiger partial charge on any atom is -0.424 e. The maximum atomic E-state index is 5.72. The first kappa shape index (κ1) is 24.0. The number of benzene rings is 1. The van der Waals surface area contributed by atoms with Gasteiger partial charge in [0, 0.05) is 13.1 Å². The van der Waals surface area contributed by atoms with Gasteiger partial charge in [0.05, 0.1) is 0 Å². The summed E-state index contributed by atoms with van der Waals surface area (Å²) in [6, 6.07) is 6.90. The molecule has 0 fully saturated rings. The van der Waals surface area contributed by atoms with Crippen LogP contribution in [-0.4, -0.2) is 18.1 Å². The number of unbranched alkanes of at least 4 members (excludes halogenated alkanes) is 7. The lowest BCUT2D eigenvalue weighted by atomic mass is 10.0. The van der Waals surface area contributed by atoms with Crippen molar-refractivity contribution in [2.75, 3.05) is 18.4 Å². The molecule has 144 valence electrons. The molecule has 0 aliphatic rings. The van der Waals surface area contributed by atoms with Crippen LogP contribution in [0.25, 0.3) is 11.1 Å². The van der Waals surface area contributed by atoms with Crippen molar-refractivity contribution < 1.29 is 4.42 Å². The molecule has 0 atom stereocenters. The monoisotopic (exact) mass is 389 g/mol. The number of anilines is 1. The first-order chi connectivity index (χ1) is 11.3. The van der Waals surface area contributed by atoms with Crippen LogP contribution in [0.1, 0.15) is 63.9 Å². The topological polar surface area (TPSA) is 64.1 Å². The van der Waals surface area contributed by atoms with E-state index in [9.17, 15) is 0 Å². The maximum absolute atomic E-state index is 5.72. The highest BCUT2D eigenvalue weighted by Gasteiger charge is 2.05. The quantitative estimate of drug-likeness (QED) is 0.455. The van der Waals surface area contributed by atoms with Gasteiger partial charge in [0.15, 0.2) is 5.58 Å². The third-order valence-electron chi connectivity index (χ3n) is 4.19. The minimum absolute atomic E-state index is 0. The summed E-state index contributed by atoms with van der Waals surface area (Å²) in [5, 5.41) is 3.08. The Balaban J connectivity index is 0.00000288. The van der Waals surface area contributed by atoms with E-state index >= 15 is 0 Å². The maximum Gasteiger partial charge on any atom is 0.295 e. The molecule has 2 aromatic rings. The number of aromatic nitrogens is 1. The normalized spacial score (nSPS) is 10.3. The SMILES string of the molecule is CCCCCCCCCCc1ccc2nc(NCCN)oc2c1.Cl.Cl. The van der Waals surface area contributed by atoms with Gasteiger partial charge in [0.25, 0.3) is 6.01 Å². The highest BCUT2D eigenvalue weighted by molar-refractivity contribution is 5.85. The molecule has 0 unspecified atom stereocenters. The van der Waals surface area contributed by atoms with Crippen LogP contribution in [0.4, 0.5) is 6.01 Å². The molecule has 0 radical (unpaired) electrons. The number of aryl methyl sites for hydroxylation is 1. The summed E-state index contributed by atoms with van der Waals surface area (Å²) < 4.78 is 5.72. The van der Waals surface area contributed by atoms with Crippen LogP contribution in [0.3, 0.4) is 0 Å². The van der Waals surface area contributed by atoms with E-state index in [-0.39, 0.29) is 24.8 Å². The Bertz CT molecular complexity index is 575. The zero-order valence-electron chi connectivity index (χ0n) is 15.3. The van der Waals surface area contributed by atoms with Gasteiger partial charge in [0.2, 0.25) is 0 Å². The van der Waals surface area contributed by atoms with Crippen molar-refractivity contribution in [3.05, 3.63) is 23.8 Å². The zero-order valence-corrected chi connectivity index (χ0v) is 16.9. The Labute approximate surface area is 164 Å². The van der Waals surface area contributed by atoms with Crippen molar-refractivity contribution in [2.45, 2.75) is 64.7 Å². The van der Waals surface area contributed by atoms with Gasteiger partial charge in [0.1, 0.15) is 5.52 Å². The zero-order chi connectivity index (χ0) is 16.3. The van der Waals surface area contributed by atoms with E-state index < -0.39 is 0 Å². The summed E-state index contributed by atoms with van der Waals surface area (Å²) in [5.74, 6) is 0. The summed E-state index contributed by atoms with van der Waals surface area (Å²) in [6.07, 6.45) is 12.0. The number of oxazole rings is 1. The summed E-state index contributed by atoms with van der Waals surface area (Å²) in [6.45, 7) is 3.52. The predicted molar refractivity (Wildman–Crippen MR) is 112 cm³/mol. The Morgan fingerprint density at radius 1 is 1.00 bits per heavy atom. The summed E-state index contributed by atoms with van der Waals surface area (Å²) in [4.78, 5) is 4.40. The first-order valence-electron chi connectivity index (χ1n) is 9.17.